The first-order valence-electron chi connectivity index (χ1n) is 8.79. The zero-order chi connectivity index (χ0) is 17.7. The quantitative estimate of drug-likeness (QED) is 0.769. The molecule has 3 rings (SSSR count). The van der Waals surface area contributed by atoms with Crippen molar-refractivity contribution in [2.45, 2.75) is 38.6 Å². The number of nitrogens with one attached hydrogen (secondary N) is 2. The van der Waals surface area contributed by atoms with Gasteiger partial charge in [-0.2, -0.15) is 0 Å². The summed E-state index contributed by atoms with van der Waals surface area (Å²) in [5.74, 6) is 1.50. The van der Waals surface area contributed by atoms with E-state index in [-0.39, 0.29) is 5.75 Å². The first-order chi connectivity index (χ1) is 12.1. The molecule has 0 unspecified atom stereocenters. The SMILES string of the molecule is CCS(=O)(=O)NCC1CCC(Nc2ccc(-c3cccs3)cn2)CC1. The molecule has 5 nitrogen and oxygen atoms in total. The molecule has 0 spiro atoms. The maximum atomic E-state index is 11.5. The largest absolute Gasteiger partial charge is 0.367 e. The molecular weight excluding hydrogens is 354 g/mol. The lowest BCUT2D eigenvalue weighted by molar-refractivity contribution is 0.337. The van der Waals surface area contributed by atoms with Gasteiger partial charge >= 0.3 is 0 Å². The predicted octanol–water partition coefficient (Wildman–Crippen LogP) is 3.72. The Morgan fingerprint density at radius 1 is 1.20 bits per heavy atom. The number of rotatable bonds is 7. The first-order valence-corrected chi connectivity index (χ1v) is 11.3. The molecule has 2 heterocycles. The van der Waals surface area contributed by atoms with Crippen molar-refractivity contribution in [2.75, 3.05) is 17.6 Å². The minimum atomic E-state index is -3.08. The van der Waals surface area contributed by atoms with Gasteiger partial charge in [0.1, 0.15) is 5.82 Å². The molecule has 0 aromatic carbocycles. The molecule has 1 fully saturated rings. The van der Waals surface area contributed by atoms with Crippen molar-refractivity contribution in [3.8, 4) is 10.4 Å². The molecule has 0 radical (unpaired) electrons. The fourth-order valence-electron chi connectivity index (χ4n) is 3.13. The van der Waals surface area contributed by atoms with Gasteiger partial charge in [-0.15, -0.1) is 11.3 Å². The summed E-state index contributed by atoms with van der Waals surface area (Å²) < 4.78 is 25.8. The van der Waals surface area contributed by atoms with E-state index in [9.17, 15) is 8.42 Å². The Morgan fingerprint density at radius 3 is 2.60 bits per heavy atom. The van der Waals surface area contributed by atoms with E-state index in [1.807, 2.05) is 18.3 Å². The summed E-state index contributed by atoms with van der Waals surface area (Å²) in [7, 11) is -3.08. The van der Waals surface area contributed by atoms with Crippen molar-refractivity contribution in [3.63, 3.8) is 0 Å². The van der Waals surface area contributed by atoms with E-state index >= 15 is 0 Å². The molecule has 2 N–H and O–H groups in total. The van der Waals surface area contributed by atoms with E-state index in [0.29, 0.717) is 18.5 Å². The Hall–Kier alpha value is -1.44. The van der Waals surface area contributed by atoms with Gasteiger partial charge < -0.3 is 5.32 Å². The Kier molecular flexibility index (Phi) is 6.09. The summed E-state index contributed by atoms with van der Waals surface area (Å²) in [6, 6.07) is 8.70. The Labute approximate surface area is 153 Å². The maximum absolute atomic E-state index is 11.5. The topological polar surface area (TPSA) is 71.1 Å². The molecule has 1 aliphatic carbocycles. The highest BCUT2D eigenvalue weighted by atomic mass is 32.2. The summed E-state index contributed by atoms with van der Waals surface area (Å²) in [4.78, 5) is 5.76. The van der Waals surface area contributed by atoms with Crippen molar-refractivity contribution in [1.29, 1.82) is 0 Å². The third kappa shape index (κ3) is 5.26. The van der Waals surface area contributed by atoms with Crippen LogP contribution in [0.4, 0.5) is 5.82 Å². The molecule has 0 aliphatic heterocycles. The molecular formula is C18H25N3O2S2. The second-order valence-corrected chi connectivity index (χ2v) is 9.57. The summed E-state index contributed by atoms with van der Waals surface area (Å²) in [5.41, 5.74) is 1.15. The fraction of sp³-hybridized carbons (Fsp3) is 0.500. The highest BCUT2D eigenvalue weighted by Crippen LogP contribution is 2.27. The maximum Gasteiger partial charge on any atom is 0.211 e. The minimum Gasteiger partial charge on any atom is -0.367 e. The first kappa shape index (κ1) is 18.4. The van der Waals surface area contributed by atoms with Crippen LogP contribution in [0.1, 0.15) is 32.6 Å². The van der Waals surface area contributed by atoms with Crippen LogP contribution in [-0.2, 0) is 10.0 Å². The molecule has 2 aromatic rings. The normalized spacial score (nSPS) is 21.2. The zero-order valence-electron chi connectivity index (χ0n) is 14.4. The molecule has 0 amide bonds. The lowest BCUT2D eigenvalue weighted by Crippen LogP contribution is -2.34. The van der Waals surface area contributed by atoms with Crippen LogP contribution < -0.4 is 10.0 Å². The molecule has 0 bridgehead atoms. The van der Waals surface area contributed by atoms with Gasteiger partial charge in [0.15, 0.2) is 0 Å². The van der Waals surface area contributed by atoms with Gasteiger partial charge in [0.05, 0.1) is 5.75 Å². The number of anilines is 1. The van der Waals surface area contributed by atoms with Crippen molar-refractivity contribution >= 4 is 27.2 Å². The number of pyridine rings is 1. The summed E-state index contributed by atoms with van der Waals surface area (Å²) in [6.07, 6.45) is 6.09. The van der Waals surface area contributed by atoms with Gasteiger partial charge in [-0.25, -0.2) is 18.1 Å². The smallest absolute Gasteiger partial charge is 0.211 e. The van der Waals surface area contributed by atoms with Crippen LogP contribution >= 0.6 is 11.3 Å². The Balaban J connectivity index is 1.46. The number of aromatic nitrogens is 1. The van der Waals surface area contributed by atoms with Gasteiger partial charge in [-0.3, -0.25) is 0 Å². The third-order valence-electron chi connectivity index (χ3n) is 4.74. The minimum absolute atomic E-state index is 0.150. The molecule has 0 atom stereocenters. The van der Waals surface area contributed by atoms with E-state index < -0.39 is 10.0 Å². The highest BCUT2D eigenvalue weighted by molar-refractivity contribution is 7.89. The van der Waals surface area contributed by atoms with Crippen LogP contribution in [0, 0.1) is 5.92 Å². The Morgan fingerprint density at radius 2 is 2.00 bits per heavy atom. The molecule has 136 valence electrons. The van der Waals surface area contributed by atoms with Crippen molar-refractivity contribution in [2.24, 2.45) is 5.92 Å². The summed E-state index contributed by atoms with van der Waals surface area (Å²) in [6.45, 7) is 2.23. The molecule has 2 aromatic heterocycles. The van der Waals surface area contributed by atoms with E-state index in [0.717, 1.165) is 37.1 Å². The van der Waals surface area contributed by atoms with Crippen molar-refractivity contribution in [3.05, 3.63) is 35.8 Å². The lowest BCUT2D eigenvalue weighted by atomic mass is 9.86. The molecule has 1 aliphatic rings. The predicted molar refractivity (Wildman–Crippen MR) is 104 cm³/mol. The number of thiophene rings is 1. The van der Waals surface area contributed by atoms with Crippen molar-refractivity contribution < 1.29 is 8.42 Å². The van der Waals surface area contributed by atoms with Crippen LogP contribution in [0.2, 0.25) is 0 Å². The van der Waals surface area contributed by atoms with E-state index in [1.165, 1.54) is 4.88 Å². The van der Waals surface area contributed by atoms with Gasteiger partial charge in [0.25, 0.3) is 0 Å². The standard InChI is InChI=1S/C18H25N3O2S2/c1-2-25(22,23)20-12-14-5-8-16(9-6-14)21-18-10-7-15(13-19-18)17-4-3-11-24-17/h3-4,7,10-11,13-14,16,20H,2,5-6,8-9,12H2,1H3,(H,19,21). The number of hydrogen-bond donors (Lipinski definition) is 2. The van der Waals surface area contributed by atoms with Crippen LogP contribution in [0.5, 0.6) is 0 Å². The zero-order valence-corrected chi connectivity index (χ0v) is 16.1. The van der Waals surface area contributed by atoms with Gasteiger partial charge in [-0.1, -0.05) is 6.07 Å². The van der Waals surface area contributed by atoms with Crippen LogP contribution in [0.25, 0.3) is 10.4 Å². The molecule has 25 heavy (non-hydrogen) atoms. The van der Waals surface area contributed by atoms with Gasteiger partial charge in [-0.05, 0) is 62.1 Å². The number of hydrogen-bond acceptors (Lipinski definition) is 5. The number of nitrogens with zero attached hydrogens (tertiary/aromatic N) is 1. The monoisotopic (exact) mass is 379 g/mol. The number of sulfonamides is 1. The molecule has 0 saturated heterocycles. The molecule has 1 saturated carbocycles. The van der Waals surface area contributed by atoms with Crippen molar-refractivity contribution in [1.82, 2.24) is 9.71 Å². The summed E-state index contributed by atoms with van der Waals surface area (Å²) >= 11 is 1.72. The summed E-state index contributed by atoms with van der Waals surface area (Å²) in [5, 5.41) is 5.58. The third-order valence-corrected chi connectivity index (χ3v) is 7.03. The van der Waals surface area contributed by atoms with Crippen LogP contribution in [0.15, 0.2) is 35.8 Å². The van der Waals surface area contributed by atoms with E-state index in [2.05, 4.69) is 32.5 Å². The average Bonchev–Trinajstić information content (AvgIpc) is 3.17. The highest BCUT2D eigenvalue weighted by Gasteiger charge is 2.22. The fourth-order valence-corrected chi connectivity index (χ4v) is 4.55. The second kappa shape index (κ2) is 8.29. The van der Waals surface area contributed by atoms with E-state index in [4.69, 9.17) is 0 Å². The van der Waals surface area contributed by atoms with Gasteiger partial charge in [0, 0.05) is 29.2 Å². The van der Waals surface area contributed by atoms with Crippen LogP contribution in [0.3, 0.4) is 0 Å². The van der Waals surface area contributed by atoms with Crippen LogP contribution in [-0.4, -0.2) is 31.7 Å². The average molecular weight is 380 g/mol. The van der Waals surface area contributed by atoms with Gasteiger partial charge in [0.2, 0.25) is 10.0 Å². The lowest BCUT2D eigenvalue weighted by Gasteiger charge is -2.29. The van der Waals surface area contributed by atoms with E-state index in [1.54, 1.807) is 18.3 Å². The molecule has 7 heteroatoms. The second-order valence-electron chi connectivity index (χ2n) is 6.52. The Bertz CT molecular complexity index is 750.